The molecule has 1 aliphatic rings. The van der Waals surface area contributed by atoms with Crippen LogP contribution in [0.1, 0.15) is 26.3 Å². The number of benzene rings is 2. The van der Waals surface area contributed by atoms with Crippen molar-refractivity contribution in [2.75, 3.05) is 39.3 Å². The Morgan fingerprint density at radius 1 is 0.778 bits per heavy atom. The molecule has 0 aromatic heterocycles. The van der Waals surface area contributed by atoms with Crippen molar-refractivity contribution in [2.45, 2.75) is 32.9 Å². The van der Waals surface area contributed by atoms with E-state index in [2.05, 4.69) is 42.7 Å². The molecule has 0 aliphatic carbocycles. The molecule has 0 unspecified atom stereocenters. The monoisotopic (exact) mass is 368 g/mol. The highest BCUT2D eigenvalue weighted by Crippen LogP contribution is 2.19. The molecular formula is C23H32N2O2. The van der Waals surface area contributed by atoms with Gasteiger partial charge in [0.2, 0.25) is 0 Å². The Hall–Kier alpha value is -2.04. The standard InChI is InChI=1S/C23H32N2O2/c1-23(2,3)25-15-13-24(14-16-25)17-18-26-21-9-11-22(12-10-21)27-19-20-7-5-4-6-8-20/h4-12H,13-19H2,1-3H3. The van der Waals surface area contributed by atoms with E-state index in [0.717, 1.165) is 50.8 Å². The second-order valence-corrected chi connectivity index (χ2v) is 8.09. The molecule has 0 saturated carbocycles. The highest BCUT2D eigenvalue weighted by atomic mass is 16.5. The quantitative estimate of drug-likeness (QED) is 0.736. The molecule has 1 aliphatic heterocycles. The minimum atomic E-state index is 0.271. The molecule has 2 aromatic rings. The van der Waals surface area contributed by atoms with Crippen LogP contribution >= 0.6 is 0 Å². The van der Waals surface area contributed by atoms with Crippen LogP contribution in [0, 0.1) is 0 Å². The first kappa shape index (κ1) is 19.7. The molecule has 0 bridgehead atoms. The SMILES string of the molecule is CC(C)(C)N1CCN(CCOc2ccc(OCc3ccccc3)cc2)CC1. The van der Waals surface area contributed by atoms with Gasteiger partial charge in [0.15, 0.2) is 0 Å². The lowest BCUT2D eigenvalue weighted by molar-refractivity contribution is 0.0564. The summed E-state index contributed by atoms with van der Waals surface area (Å²) in [4.78, 5) is 5.04. The van der Waals surface area contributed by atoms with Crippen molar-refractivity contribution in [1.82, 2.24) is 9.80 Å². The zero-order valence-electron chi connectivity index (χ0n) is 16.9. The van der Waals surface area contributed by atoms with Crippen LogP contribution in [0.4, 0.5) is 0 Å². The Morgan fingerprint density at radius 2 is 1.37 bits per heavy atom. The number of hydrogen-bond donors (Lipinski definition) is 0. The summed E-state index contributed by atoms with van der Waals surface area (Å²) in [5.41, 5.74) is 1.44. The Labute approximate surface area is 163 Å². The normalized spacial score (nSPS) is 16.3. The van der Waals surface area contributed by atoms with E-state index in [1.807, 2.05) is 42.5 Å². The largest absolute Gasteiger partial charge is 0.492 e. The van der Waals surface area contributed by atoms with Gasteiger partial charge in [-0.05, 0) is 50.6 Å². The minimum absolute atomic E-state index is 0.271. The van der Waals surface area contributed by atoms with Crippen molar-refractivity contribution in [2.24, 2.45) is 0 Å². The summed E-state index contributed by atoms with van der Waals surface area (Å²) in [5, 5.41) is 0. The molecule has 4 heteroatoms. The molecule has 3 rings (SSSR count). The first-order valence-corrected chi connectivity index (χ1v) is 9.88. The molecule has 27 heavy (non-hydrogen) atoms. The lowest BCUT2D eigenvalue weighted by Crippen LogP contribution is -2.53. The van der Waals surface area contributed by atoms with E-state index >= 15 is 0 Å². The Bertz CT molecular complexity index is 672. The minimum Gasteiger partial charge on any atom is -0.492 e. The average molecular weight is 369 g/mol. The summed E-state index contributed by atoms with van der Waals surface area (Å²) >= 11 is 0. The second-order valence-electron chi connectivity index (χ2n) is 8.09. The van der Waals surface area contributed by atoms with Crippen molar-refractivity contribution in [3.63, 3.8) is 0 Å². The summed E-state index contributed by atoms with van der Waals surface area (Å²) in [5.74, 6) is 1.76. The Morgan fingerprint density at radius 3 is 1.96 bits per heavy atom. The van der Waals surface area contributed by atoms with Crippen LogP contribution in [0.5, 0.6) is 11.5 Å². The molecule has 4 nitrogen and oxygen atoms in total. The van der Waals surface area contributed by atoms with E-state index in [4.69, 9.17) is 9.47 Å². The van der Waals surface area contributed by atoms with Gasteiger partial charge in [0.1, 0.15) is 24.7 Å². The second kappa shape index (κ2) is 9.25. The van der Waals surface area contributed by atoms with Crippen LogP contribution in [-0.4, -0.2) is 54.7 Å². The molecule has 0 radical (unpaired) electrons. The van der Waals surface area contributed by atoms with Gasteiger partial charge in [-0.25, -0.2) is 0 Å². The van der Waals surface area contributed by atoms with Crippen LogP contribution in [0.25, 0.3) is 0 Å². The summed E-state index contributed by atoms with van der Waals surface area (Å²) < 4.78 is 11.7. The molecule has 0 atom stereocenters. The molecule has 1 heterocycles. The van der Waals surface area contributed by atoms with Gasteiger partial charge in [0, 0.05) is 38.3 Å². The molecule has 2 aromatic carbocycles. The fourth-order valence-corrected chi connectivity index (χ4v) is 3.31. The molecule has 0 N–H and O–H groups in total. The van der Waals surface area contributed by atoms with Crippen molar-refractivity contribution < 1.29 is 9.47 Å². The van der Waals surface area contributed by atoms with Gasteiger partial charge in [-0.3, -0.25) is 9.80 Å². The maximum atomic E-state index is 5.91. The number of ether oxygens (including phenoxy) is 2. The first-order valence-electron chi connectivity index (χ1n) is 9.88. The zero-order valence-corrected chi connectivity index (χ0v) is 16.9. The van der Waals surface area contributed by atoms with Gasteiger partial charge in [0.05, 0.1) is 0 Å². The molecule has 1 fully saturated rings. The van der Waals surface area contributed by atoms with E-state index in [1.165, 1.54) is 5.56 Å². The molecule has 146 valence electrons. The van der Waals surface area contributed by atoms with Crippen LogP contribution in [0.3, 0.4) is 0 Å². The topological polar surface area (TPSA) is 24.9 Å². The van der Waals surface area contributed by atoms with E-state index in [1.54, 1.807) is 0 Å². The third-order valence-electron chi connectivity index (χ3n) is 5.07. The highest BCUT2D eigenvalue weighted by molar-refractivity contribution is 5.31. The van der Waals surface area contributed by atoms with Crippen molar-refractivity contribution >= 4 is 0 Å². The molecular weight excluding hydrogens is 336 g/mol. The fraction of sp³-hybridized carbons (Fsp3) is 0.478. The summed E-state index contributed by atoms with van der Waals surface area (Å²) in [6.45, 7) is 13.7. The maximum absolute atomic E-state index is 5.91. The van der Waals surface area contributed by atoms with Gasteiger partial charge in [-0.15, -0.1) is 0 Å². The predicted octanol–water partition coefficient (Wildman–Crippen LogP) is 4.06. The number of piperazine rings is 1. The third kappa shape index (κ3) is 6.26. The van der Waals surface area contributed by atoms with Gasteiger partial charge in [-0.1, -0.05) is 30.3 Å². The maximum Gasteiger partial charge on any atom is 0.120 e. The van der Waals surface area contributed by atoms with Crippen molar-refractivity contribution in [1.29, 1.82) is 0 Å². The zero-order chi connectivity index (χ0) is 19.1. The third-order valence-corrected chi connectivity index (χ3v) is 5.07. The van der Waals surface area contributed by atoms with E-state index in [9.17, 15) is 0 Å². The average Bonchev–Trinajstić information content (AvgIpc) is 2.68. The van der Waals surface area contributed by atoms with E-state index in [-0.39, 0.29) is 5.54 Å². The van der Waals surface area contributed by atoms with E-state index in [0.29, 0.717) is 6.61 Å². The number of rotatable bonds is 7. The van der Waals surface area contributed by atoms with Gasteiger partial charge in [0.25, 0.3) is 0 Å². The van der Waals surface area contributed by atoms with Gasteiger partial charge < -0.3 is 9.47 Å². The summed E-state index contributed by atoms with van der Waals surface area (Å²) in [7, 11) is 0. The van der Waals surface area contributed by atoms with Crippen LogP contribution < -0.4 is 9.47 Å². The highest BCUT2D eigenvalue weighted by Gasteiger charge is 2.25. The van der Waals surface area contributed by atoms with Gasteiger partial charge >= 0.3 is 0 Å². The molecule has 0 spiro atoms. The number of nitrogens with zero attached hydrogens (tertiary/aromatic N) is 2. The fourth-order valence-electron chi connectivity index (χ4n) is 3.31. The van der Waals surface area contributed by atoms with Crippen LogP contribution in [-0.2, 0) is 6.61 Å². The molecule has 1 saturated heterocycles. The summed E-state index contributed by atoms with van der Waals surface area (Å²) in [6.07, 6.45) is 0. The van der Waals surface area contributed by atoms with E-state index < -0.39 is 0 Å². The Balaban J connectivity index is 1.36. The lowest BCUT2D eigenvalue weighted by Gasteiger charge is -2.42. The van der Waals surface area contributed by atoms with Crippen molar-refractivity contribution in [3.8, 4) is 11.5 Å². The lowest BCUT2D eigenvalue weighted by atomic mass is 10.1. The van der Waals surface area contributed by atoms with Crippen molar-refractivity contribution in [3.05, 3.63) is 60.2 Å². The smallest absolute Gasteiger partial charge is 0.120 e. The van der Waals surface area contributed by atoms with Gasteiger partial charge in [-0.2, -0.15) is 0 Å². The molecule has 0 amide bonds. The van der Waals surface area contributed by atoms with Crippen LogP contribution in [0.15, 0.2) is 54.6 Å². The Kier molecular flexibility index (Phi) is 6.75. The first-order chi connectivity index (χ1) is 13.0. The number of hydrogen-bond acceptors (Lipinski definition) is 4. The predicted molar refractivity (Wildman–Crippen MR) is 110 cm³/mol. The van der Waals surface area contributed by atoms with Crippen LogP contribution in [0.2, 0.25) is 0 Å². The summed E-state index contributed by atoms with van der Waals surface area (Å²) in [6, 6.07) is 18.1.